The van der Waals surface area contributed by atoms with E-state index in [1.165, 1.54) is 4.68 Å². The van der Waals surface area contributed by atoms with Crippen molar-refractivity contribution >= 4 is 11.8 Å². The van der Waals surface area contributed by atoms with Gasteiger partial charge in [-0.2, -0.15) is 9.78 Å². The maximum atomic E-state index is 13.5. The molecule has 9 heteroatoms. The second-order valence-electron chi connectivity index (χ2n) is 8.27. The van der Waals surface area contributed by atoms with Crippen molar-refractivity contribution < 1.29 is 9.59 Å². The molecule has 9 nitrogen and oxygen atoms in total. The van der Waals surface area contributed by atoms with Gasteiger partial charge in [0, 0.05) is 51.7 Å². The zero-order chi connectivity index (χ0) is 22.8. The highest BCUT2D eigenvalue weighted by atomic mass is 16.2. The normalized spacial score (nSPS) is 14.8. The molecular formula is C23H28N6O3. The Morgan fingerprint density at radius 1 is 1.06 bits per heavy atom. The first-order valence-corrected chi connectivity index (χ1v) is 10.8. The molecule has 0 spiro atoms. The zero-order valence-electron chi connectivity index (χ0n) is 18.6. The number of benzene rings is 1. The van der Waals surface area contributed by atoms with Gasteiger partial charge in [0.15, 0.2) is 0 Å². The first-order valence-electron chi connectivity index (χ1n) is 10.8. The third kappa shape index (κ3) is 4.16. The van der Waals surface area contributed by atoms with E-state index in [0.717, 1.165) is 0 Å². The van der Waals surface area contributed by atoms with E-state index in [2.05, 4.69) is 10.4 Å². The molecule has 0 saturated carbocycles. The van der Waals surface area contributed by atoms with E-state index in [1.807, 2.05) is 53.6 Å². The lowest BCUT2D eigenvalue weighted by molar-refractivity contribution is -0.122. The molecule has 1 fully saturated rings. The summed E-state index contributed by atoms with van der Waals surface area (Å²) in [5.41, 5.74) is 1.67. The van der Waals surface area contributed by atoms with E-state index in [9.17, 15) is 14.4 Å². The Balaban J connectivity index is 1.68. The molecule has 3 aliphatic rings. The summed E-state index contributed by atoms with van der Waals surface area (Å²) in [6, 6.07) is 9.28. The molecule has 0 bridgehead atoms. The molecule has 0 radical (unpaired) electrons. The minimum atomic E-state index is -0.245. The number of pyridine rings is 1. The summed E-state index contributed by atoms with van der Waals surface area (Å²) in [5.74, 6) is -0.191. The Hall–Kier alpha value is -3.46. The molecule has 4 rings (SSSR count). The number of carbonyl (C=O) groups is 2. The summed E-state index contributed by atoms with van der Waals surface area (Å²) in [5, 5.41) is 7.17. The highest BCUT2D eigenvalue weighted by Crippen LogP contribution is 2.25. The van der Waals surface area contributed by atoms with E-state index >= 15 is 0 Å². The molecule has 0 aromatic heterocycles. The molecular weight excluding hydrogens is 408 g/mol. The van der Waals surface area contributed by atoms with Gasteiger partial charge in [-0.05, 0) is 26.0 Å². The second-order valence-corrected chi connectivity index (χ2v) is 8.27. The van der Waals surface area contributed by atoms with Crippen molar-refractivity contribution in [2.45, 2.75) is 19.9 Å². The summed E-state index contributed by atoms with van der Waals surface area (Å²) in [4.78, 5) is 42.1. The van der Waals surface area contributed by atoms with Gasteiger partial charge in [0.2, 0.25) is 5.91 Å². The summed E-state index contributed by atoms with van der Waals surface area (Å²) >= 11 is 0. The predicted molar refractivity (Wildman–Crippen MR) is 121 cm³/mol. The molecule has 3 heterocycles. The van der Waals surface area contributed by atoms with E-state index in [-0.39, 0.29) is 23.4 Å². The number of rotatable bonds is 5. The highest BCUT2D eigenvalue weighted by Gasteiger charge is 2.29. The number of carbonyl (C=O) groups excluding carboxylic acids is 2. The van der Waals surface area contributed by atoms with Gasteiger partial charge in [0.25, 0.3) is 11.5 Å². The SMILES string of the molecule is CNC(=O)CN1CCN(C(=O)c2cn(C(C)C)cc3c(=O)n(-c4ccccc4)nc2-3)CC1. The summed E-state index contributed by atoms with van der Waals surface area (Å²) in [6.07, 6.45) is 3.56. The van der Waals surface area contributed by atoms with Gasteiger partial charge in [-0.3, -0.25) is 19.3 Å². The predicted octanol–water partition coefficient (Wildman–Crippen LogP) is 1.22. The smallest absolute Gasteiger partial charge is 0.282 e. The van der Waals surface area contributed by atoms with Crippen molar-refractivity contribution in [2.75, 3.05) is 39.8 Å². The summed E-state index contributed by atoms with van der Waals surface area (Å²) < 4.78 is 3.24. The van der Waals surface area contributed by atoms with E-state index in [0.29, 0.717) is 55.2 Å². The number of hydrogen-bond donors (Lipinski definition) is 1. The maximum absolute atomic E-state index is 13.5. The lowest BCUT2D eigenvalue weighted by Crippen LogP contribution is -2.51. The van der Waals surface area contributed by atoms with Crippen LogP contribution in [0.3, 0.4) is 0 Å². The number of aromatic nitrogens is 3. The Morgan fingerprint density at radius 3 is 2.38 bits per heavy atom. The lowest BCUT2D eigenvalue weighted by atomic mass is 10.1. The van der Waals surface area contributed by atoms with Crippen LogP contribution in [0.1, 0.15) is 30.2 Å². The Labute approximate surface area is 186 Å². The van der Waals surface area contributed by atoms with Crippen LogP contribution in [-0.2, 0) is 4.79 Å². The van der Waals surface area contributed by atoms with Gasteiger partial charge >= 0.3 is 0 Å². The number of nitrogens with zero attached hydrogens (tertiary/aromatic N) is 5. The van der Waals surface area contributed by atoms with Gasteiger partial charge < -0.3 is 14.8 Å². The molecule has 1 saturated heterocycles. The molecule has 3 aliphatic heterocycles. The standard InChI is InChI=1S/C23H28N6O3/c1-16(2)28-13-18(22(31)27-11-9-26(10-12-27)15-20(30)24-3)21-19(14-28)23(32)29(25-21)17-7-5-4-6-8-17/h4-8,13-14,16H,9-12,15H2,1-3H3,(H,24,30). The van der Waals surface area contributed by atoms with Crippen LogP contribution >= 0.6 is 0 Å². The Kier molecular flexibility index (Phi) is 6.09. The Morgan fingerprint density at radius 2 is 1.75 bits per heavy atom. The molecule has 0 aliphatic carbocycles. The van der Waals surface area contributed by atoms with Crippen LogP contribution in [0.5, 0.6) is 0 Å². The largest absolute Gasteiger partial charge is 0.358 e. The van der Waals surface area contributed by atoms with Crippen LogP contribution in [0.2, 0.25) is 0 Å². The average Bonchev–Trinajstić information content (AvgIpc) is 3.15. The molecule has 1 N–H and O–H groups in total. The third-order valence-electron chi connectivity index (χ3n) is 5.82. The topological polar surface area (TPSA) is 92.5 Å². The van der Waals surface area contributed by atoms with Crippen LogP contribution in [0, 0.1) is 0 Å². The van der Waals surface area contributed by atoms with Gasteiger partial charge in [-0.1, -0.05) is 18.2 Å². The molecule has 0 atom stereocenters. The number of nitrogens with one attached hydrogen (secondary N) is 1. The average molecular weight is 437 g/mol. The first kappa shape index (κ1) is 21.8. The molecule has 0 unspecified atom stereocenters. The Bertz CT molecular complexity index is 1140. The lowest BCUT2D eigenvalue weighted by Gasteiger charge is -2.34. The van der Waals surface area contributed by atoms with E-state index < -0.39 is 0 Å². The van der Waals surface area contributed by atoms with Gasteiger partial charge in [0.05, 0.1) is 23.4 Å². The van der Waals surface area contributed by atoms with Crippen molar-refractivity contribution in [2.24, 2.45) is 0 Å². The number of amides is 2. The van der Waals surface area contributed by atoms with Crippen LogP contribution in [0.15, 0.2) is 47.5 Å². The monoisotopic (exact) mass is 436 g/mol. The molecule has 1 aromatic carbocycles. The fourth-order valence-electron chi connectivity index (χ4n) is 3.89. The van der Waals surface area contributed by atoms with Crippen LogP contribution in [-0.4, -0.2) is 75.7 Å². The fraction of sp³-hybridized carbons (Fsp3) is 0.391. The quantitative estimate of drug-likeness (QED) is 0.649. The van der Waals surface area contributed by atoms with Gasteiger partial charge in [-0.15, -0.1) is 0 Å². The molecule has 32 heavy (non-hydrogen) atoms. The number of fused-ring (bicyclic) bond motifs is 1. The van der Waals surface area contributed by atoms with Crippen molar-refractivity contribution in [1.82, 2.24) is 29.5 Å². The summed E-state index contributed by atoms with van der Waals surface area (Å²) in [7, 11) is 1.62. The van der Waals surface area contributed by atoms with Crippen molar-refractivity contribution in [3.8, 4) is 16.9 Å². The number of likely N-dealkylation sites (N-methyl/N-ethyl adjacent to an activating group) is 1. The third-order valence-corrected chi connectivity index (χ3v) is 5.82. The first-order chi connectivity index (χ1) is 15.4. The highest BCUT2D eigenvalue weighted by molar-refractivity contribution is 6.00. The van der Waals surface area contributed by atoms with Crippen molar-refractivity contribution in [3.63, 3.8) is 0 Å². The van der Waals surface area contributed by atoms with Gasteiger partial charge in [0.1, 0.15) is 5.69 Å². The fourth-order valence-corrected chi connectivity index (χ4v) is 3.89. The number of hydrogen-bond acceptors (Lipinski definition) is 5. The van der Waals surface area contributed by atoms with E-state index in [4.69, 9.17) is 0 Å². The van der Waals surface area contributed by atoms with Gasteiger partial charge in [-0.25, -0.2) is 0 Å². The number of piperazine rings is 1. The van der Waals surface area contributed by atoms with E-state index in [1.54, 1.807) is 24.3 Å². The molecule has 1 aromatic rings. The minimum Gasteiger partial charge on any atom is -0.358 e. The minimum absolute atomic E-state index is 0.0399. The van der Waals surface area contributed by atoms with Crippen LogP contribution in [0.4, 0.5) is 0 Å². The summed E-state index contributed by atoms with van der Waals surface area (Å²) in [6.45, 7) is 6.58. The maximum Gasteiger partial charge on any atom is 0.282 e. The second kappa shape index (κ2) is 8.96. The molecule has 2 amide bonds. The number of para-hydroxylation sites is 1. The molecule has 168 valence electrons. The zero-order valence-corrected chi connectivity index (χ0v) is 18.6. The van der Waals surface area contributed by atoms with Crippen molar-refractivity contribution in [1.29, 1.82) is 0 Å². The van der Waals surface area contributed by atoms with Crippen LogP contribution in [0.25, 0.3) is 16.9 Å². The van der Waals surface area contributed by atoms with Crippen molar-refractivity contribution in [3.05, 3.63) is 58.6 Å². The van der Waals surface area contributed by atoms with Crippen LogP contribution < -0.4 is 10.9 Å².